The number of fused-ring (bicyclic) bond motifs is 1. The van der Waals surface area contributed by atoms with Crippen LogP contribution in [0.4, 0.5) is 5.82 Å². The van der Waals surface area contributed by atoms with E-state index < -0.39 is 0 Å². The van der Waals surface area contributed by atoms with E-state index in [-0.39, 0.29) is 0 Å². The minimum absolute atomic E-state index is 0.576. The first-order valence-corrected chi connectivity index (χ1v) is 7.21. The number of rotatable bonds is 4. The number of hydrogen-bond acceptors (Lipinski definition) is 7. The Morgan fingerprint density at radius 3 is 2.75 bits per heavy atom. The Hall–Kier alpha value is -3.68. The van der Waals surface area contributed by atoms with Gasteiger partial charge in [-0.3, -0.25) is 10.4 Å². The highest BCUT2D eigenvalue weighted by atomic mass is 15.4. The molecule has 4 heterocycles. The fourth-order valence-corrected chi connectivity index (χ4v) is 2.20. The van der Waals surface area contributed by atoms with Crippen LogP contribution in [-0.2, 0) is 0 Å². The molecule has 8 nitrogen and oxygen atoms in total. The molecule has 0 fully saturated rings. The molecule has 0 radical (unpaired) electrons. The van der Waals surface area contributed by atoms with Crippen LogP contribution >= 0.6 is 0 Å². The Balaban J connectivity index is 1.65. The molecule has 0 bridgehead atoms. The minimum Gasteiger partial charge on any atom is -0.265 e. The number of pyridine rings is 2. The molecule has 0 aliphatic carbocycles. The van der Waals surface area contributed by atoms with E-state index in [0.717, 1.165) is 10.9 Å². The second-order valence-corrected chi connectivity index (χ2v) is 4.85. The number of anilines is 1. The second-order valence-electron chi connectivity index (χ2n) is 4.85. The quantitative estimate of drug-likeness (QED) is 0.457. The summed E-state index contributed by atoms with van der Waals surface area (Å²) in [5.74, 6) is 1.27. The third-order valence-corrected chi connectivity index (χ3v) is 3.32. The van der Waals surface area contributed by atoms with Gasteiger partial charge < -0.3 is 0 Å². The molecule has 1 N–H and O–H groups in total. The molecule has 4 aromatic rings. The highest BCUT2D eigenvalue weighted by molar-refractivity contribution is 5.87. The summed E-state index contributed by atoms with van der Waals surface area (Å²) in [4.78, 5) is 16.8. The van der Waals surface area contributed by atoms with E-state index in [4.69, 9.17) is 0 Å². The van der Waals surface area contributed by atoms with Crippen molar-refractivity contribution in [1.82, 2.24) is 29.7 Å². The van der Waals surface area contributed by atoms with E-state index in [1.165, 1.54) is 6.33 Å². The maximum Gasteiger partial charge on any atom is 0.170 e. The summed E-state index contributed by atoms with van der Waals surface area (Å²) in [5.41, 5.74) is 4.52. The standard InChI is InChI=1S/C16H12N8/c1-2-6-18-14(3-1)24-16-13(10-22-24)15(19-11-20-16)23-21-9-12-4-7-17-8-5-12/h1-11H,(H,19,20,23)/b21-9+. The molecule has 0 saturated heterocycles. The van der Waals surface area contributed by atoms with Gasteiger partial charge in [0.1, 0.15) is 6.33 Å². The molecule has 0 unspecified atom stereocenters. The lowest BCUT2D eigenvalue weighted by Gasteiger charge is -2.02. The van der Waals surface area contributed by atoms with Crippen molar-refractivity contribution in [3.63, 3.8) is 0 Å². The Morgan fingerprint density at radius 1 is 1.00 bits per heavy atom. The first-order chi connectivity index (χ1) is 11.9. The van der Waals surface area contributed by atoms with Gasteiger partial charge in [-0.25, -0.2) is 15.0 Å². The van der Waals surface area contributed by atoms with Crippen LogP contribution in [0, 0.1) is 0 Å². The highest BCUT2D eigenvalue weighted by Crippen LogP contribution is 2.20. The maximum absolute atomic E-state index is 4.34. The van der Waals surface area contributed by atoms with Gasteiger partial charge in [-0.05, 0) is 29.8 Å². The van der Waals surface area contributed by atoms with Gasteiger partial charge in [-0.15, -0.1) is 0 Å². The molecule has 4 aromatic heterocycles. The summed E-state index contributed by atoms with van der Waals surface area (Å²) in [6.07, 6.45) is 9.98. The molecule has 0 saturated carbocycles. The van der Waals surface area contributed by atoms with Crippen LogP contribution in [0.25, 0.3) is 16.9 Å². The zero-order valence-corrected chi connectivity index (χ0v) is 12.5. The first-order valence-electron chi connectivity index (χ1n) is 7.21. The van der Waals surface area contributed by atoms with Crippen LogP contribution in [0.3, 0.4) is 0 Å². The number of hydrazone groups is 1. The molecule has 0 aliphatic rings. The fourth-order valence-electron chi connectivity index (χ4n) is 2.20. The second kappa shape index (κ2) is 6.21. The smallest absolute Gasteiger partial charge is 0.170 e. The van der Waals surface area contributed by atoms with Crippen molar-refractivity contribution in [2.75, 3.05) is 5.43 Å². The molecule has 0 amide bonds. The van der Waals surface area contributed by atoms with Crippen LogP contribution in [0.15, 0.2) is 66.5 Å². The Morgan fingerprint density at radius 2 is 1.92 bits per heavy atom. The van der Waals surface area contributed by atoms with Crippen LogP contribution in [0.1, 0.15) is 5.56 Å². The minimum atomic E-state index is 0.576. The van der Waals surface area contributed by atoms with E-state index in [1.807, 2.05) is 30.3 Å². The van der Waals surface area contributed by atoms with Gasteiger partial charge in [0, 0.05) is 18.6 Å². The Labute approximate surface area is 136 Å². The van der Waals surface area contributed by atoms with Crippen LogP contribution < -0.4 is 5.43 Å². The maximum atomic E-state index is 4.34. The lowest BCUT2D eigenvalue weighted by molar-refractivity contribution is 0.861. The van der Waals surface area contributed by atoms with Crippen LogP contribution in [0.2, 0.25) is 0 Å². The summed E-state index contributed by atoms with van der Waals surface area (Å²) >= 11 is 0. The predicted molar refractivity (Wildman–Crippen MR) is 89.9 cm³/mol. The molecule has 0 spiro atoms. The molecule has 24 heavy (non-hydrogen) atoms. The van der Waals surface area contributed by atoms with Gasteiger partial charge in [-0.2, -0.15) is 14.9 Å². The molecule has 0 aromatic carbocycles. The molecule has 0 aliphatic heterocycles. The molecular formula is C16H12N8. The van der Waals surface area contributed by atoms with Gasteiger partial charge in [0.25, 0.3) is 0 Å². The zero-order chi connectivity index (χ0) is 16.2. The van der Waals surface area contributed by atoms with Gasteiger partial charge in [0.2, 0.25) is 0 Å². The van der Waals surface area contributed by atoms with E-state index in [0.29, 0.717) is 17.3 Å². The largest absolute Gasteiger partial charge is 0.265 e. The Kier molecular flexibility index (Phi) is 3.61. The van der Waals surface area contributed by atoms with Crippen molar-refractivity contribution in [3.8, 4) is 5.82 Å². The summed E-state index contributed by atoms with van der Waals surface area (Å²) in [5, 5.41) is 9.30. The summed E-state index contributed by atoms with van der Waals surface area (Å²) in [6.45, 7) is 0. The van der Waals surface area contributed by atoms with Gasteiger partial charge in [-0.1, -0.05) is 6.07 Å². The SMILES string of the molecule is C(=N\Nc1ncnc2c1cnn2-c1ccccn1)/c1ccncc1. The summed E-state index contributed by atoms with van der Waals surface area (Å²) in [6, 6.07) is 9.34. The molecular weight excluding hydrogens is 304 g/mol. The normalized spacial score (nSPS) is 11.2. The van der Waals surface area contributed by atoms with E-state index >= 15 is 0 Å². The first kappa shape index (κ1) is 13.9. The van der Waals surface area contributed by atoms with Crippen molar-refractivity contribution in [3.05, 3.63) is 67.0 Å². The molecule has 0 atom stereocenters. The van der Waals surface area contributed by atoms with Crippen molar-refractivity contribution < 1.29 is 0 Å². The number of nitrogens with zero attached hydrogens (tertiary/aromatic N) is 7. The summed E-state index contributed by atoms with van der Waals surface area (Å²) in [7, 11) is 0. The summed E-state index contributed by atoms with van der Waals surface area (Å²) < 4.78 is 1.66. The average Bonchev–Trinajstić information content (AvgIpc) is 3.08. The van der Waals surface area contributed by atoms with E-state index in [9.17, 15) is 0 Å². The number of aromatic nitrogens is 6. The predicted octanol–water partition coefficient (Wildman–Crippen LogP) is 2.05. The van der Waals surface area contributed by atoms with E-state index in [2.05, 4.69) is 35.6 Å². The number of hydrogen-bond donors (Lipinski definition) is 1. The van der Waals surface area contributed by atoms with Gasteiger partial charge in [0.05, 0.1) is 17.8 Å². The third kappa shape index (κ3) is 2.68. The fraction of sp³-hybridized carbons (Fsp3) is 0. The Bertz CT molecular complexity index is 979. The van der Waals surface area contributed by atoms with Crippen LogP contribution in [0.5, 0.6) is 0 Å². The van der Waals surface area contributed by atoms with Crippen molar-refractivity contribution in [1.29, 1.82) is 0 Å². The number of nitrogens with one attached hydrogen (secondary N) is 1. The third-order valence-electron chi connectivity index (χ3n) is 3.32. The monoisotopic (exact) mass is 316 g/mol. The zero-order valence-electron chi connectivity index (χ0n) is 12.5. The van der Waals surface area contributed by atoms with Crippen LogP contribution in [-0.4, -0.2) is 35.9 Å². The lowest BCUT2D eigenvalue weighted by Crippen LogP contribution is -2.01. The van der Waals surface area contributed by atoms with Gasteiger partial charge >= 0.3 is 0 Å². The molecule has 4 rings (SSSR count). The topological polar surface area (TPSA) is 93.8 Å². The molecule has 116 valence electrons. The average molecular weight is 316 g/mol. The lowest BCUT2D eigenvalue weighted by atomic mass is 10.3. The highest BCUT2D eigenvalue weighted by Gasteiger charge is 2.10. The van der Waals surface area contributed by atoms with E-state index in [1.54, 1.807) is 35.7 Å². The van der Waals surface area contributed by atoms with Gasteiger partial charge in [0.15, 0.2) is 17.3 Å². The van der Waals surface area contributed by atoms with Crippen molar-refractivity contribution in [2.24, 2.45) is 5.10 Å². The van der Waals surface area contributed by atoms with Crippen molar-refractivity contribution >= 4 is 23.1 Å². The molecule has 8 heteroatoms. The van der Waals surface area contributed by atoms with Crippen molar-refractivity contribution in [2.45, 2.75) is 0 Å².